The number of amides is 1. The Labute approximate surface area is 213 Å². The Morgan fingerprint density at radius 3 is 2.05 bits per heavy atom. The summed E-state index contributed by atoms with van der Waals surface area (Å²) in [6, 6.07) is 36.7. The molecule has 0 aliphatic rings. The van der Waals surface area contributed by atoms with Crippen molar-refractivity contribution in [3.05, 3.63) is 127 Å². The van der Waals surface area contributed by atoms with E-state index < -0.39 is 0 Å². The first kappa shape index (κ1) is 22.2. The van der Waals surface area contributed by atoms with Crippen LogP contribution in [0.15, 0.2) is 126 Å². The van der Waals surface area contributed by atoms with Crippen LogP contribution in [0.25, 0.3) is 33.6 Å². The minimum atomic E-state index is -0.170. The number of hydrogen-bond acceptors (Lipinski definition) is 5. The number of anilines is 3. The predicted octanol–water partition coefficient (Wildman–Crippen LogP) is 7.55. The van der Waals surface area contributed by atoms with Crippen molar-refractivity contribution >= 4 is 34.2 Å². The fourth-order valence-electron chi connectivity index (χ4n) is 4.31. The highest BCUT2D eigenvalue weighted by Crippen LogP contribution is 2.43. The monoisotopic (exact) mass is 482 g/mol. The second kappa shape index (κ2) is 9.79. The second-order valence-electron chi connectivity index (χ2n) is 8.47. The molecule has 1 amide bonds. The highest BCUT2D eigenvalue weighted by Gasteiger charge is 2.22. The fraction of sp³-hybridized carbons (Fsp3) is 0. The van der Waals surface area contributed by atoms with Crippen LogP contribution in [0.5, 0.6) is 0 Å². The zero-order chi connectivity index (χ0) is 25.0. The molecule has 37 heavy (non-hydrogen) atoms. The number of aromatic nitrogens is 2. The van der Waals surface area contributed by atoms with Gasteiger partial charge in [-0.2, -0.15) is 0 Å². The first-order chi connectivity index (χ1) is 18.3. The largest absolute Gasteiger partial charge is 0.437 e. The quantitative estimate of drug-likeness (QED) is 0.256. The molecule has 0 fully saturated rings. The minimum Gasteiger partial charge on any atom is -0.437 e. The number of fused-ring (bicyclic) bond motifs is 1. The van der Waals surface area contributed by atoms with Crippen LogP contribution in [0.2, 0.25) is 0 Å². The third kappa shape index (κ3) is 4.56. The van der Waals surface area contributed by atoms with Gasteiger partial charge in [0.1, 0.15) is 17.9 Å². The number of furan rings is 1. The van der Waals surface area contributed by atoms with Crippen LogP contribution < -0.4 is 10.6 Å². The molecule has 0 saturated heterocycles. The molecule has 0 radical (unpaired) electrons. The number of hydrogen-bond donors (Lipinski definition) is 2. The molecule has 0 unspecified atom stereocenters. The van der Waals surface area contributed by atoms with Gasteiger partial charge in [0.2, 0.25) is 5.71 Å². The summed E-state index contributed by atoms with van der Waals surface area (Å²) < 4.78 is 6.30. The molecule has 2 heterocycles. The van der Waals surface area contributed by atoms with Crippen molar-refractivity contribution < 1.29 is 9.21 Å². The van der Waals surface area contributed by atoms with Crippen LogP contribution in [0.3, 0.4) is 0 Å². The molecule has 4 aromatic carbocycles. The Morgan fingerprint density at radius 1 is 0.676 bits per heavy atom. The molecular formula is C31H22N4O2. The Balaban J connectivity index is 1.41. The van der Waals surface area contributed by atoms with Gasteiger partial charge in [0.05, 0.1) is 5.39 Å². The van der Waals surface area contributed by atoms with E-state index in [4.69, 9.17) is 4.42 Å². The number of nitrogens with zero attached hydrogens (tertiary/aromatic N) is 2. The predicted molar refractivity (Wildman–Crippen MR) is 147 cm³/mol. The molecule has 0 aliphatic carbocycles. The second-order valence-corrected chi connectivity index (χ2v) is 8.47. The number of carbonyl (C=O) groups is 1. The van der Waals surface area contributed by atoms with E-state index >= 15 is 0 Å². The number of rotatable bonds is 6. The van der Waals surface area contributed by atoms with Crippen LogP contribution in [-0.4, -0.2) is 15.9 Å². The average Bonchev–Trinajstić information content (AvgIpc) is 3.35. The molecule has 6 heteroatoms. The highest BCUT2D eigenvalue weighted by molar-refractivity contribution is 6.07. The van der Waals surface area contributed by atoms with E-state index in [1.54, 1.807) is 12.1 Å². The van der Waals surface area contributed by atoms with Gasteiger partial charge >= 0.3 is 0 Å². The fourth-order valence-corrected chi connectivity index (χ4v) is 4.31. The molecule has 6 nitrogen and oxygen atoms in total. The SMILES string of the molecule is O=C(Nc1cccc(Nc2ncnc3oc(-c4ccccc4)c(-c4ccccc4)c23)c1)c1ccccc1. The van der Waals surface area contributed by atoms with Gasteiger partial charge in [-0.1, -0.05) is 84.9 Å². The molecule has 178 valence electrons. The highest BCUT2D eigenvalue weighted by atomic mass is 16.3. The maximum absolute atomic E-state index is 12.6. The first-order valence-electron chi connectivity index (χ1n) is 11.9. The van der Waals surface area contributed by atoms with Crippen LogP contribution in [0.1, 0.15) is 10.4 Å². The summed E-state index contributed by atoms with van der Waals surface area (Å²) in [6.45, 7) is 0. The summed E-state index contributed by atoms with van der Waals surface area (Å²) >= 11 is 0. The average molecular weight is 483 g/mol. The first-order valence-corrected chi connectivity index (χ1v) is 11.9. The maximum Gasteiger partial charge on any atom is 0.255 e. The minimum absolute atomic E-state index is 0.170. The van der Waals surface area contributed by atoms with Gasteiger partial charge in [-0.25, -0.2) is 9.97 Å². The standard InChI is InChI=1S/C31H22N4O2/c36-30(23-15-8-3-9-16-23)35-25-18-10-17-24(19-25)34-29-27-26(21-11-4-1-5-12-21)28(22-13-6-2-7-14-22)37-31(27)33-20-32-29/h1-20H,(H,35,36)(H,32,33,34). The summed E-state index contributed by atoms with van der Waals surface area (Å²) in [4.78, 5) is 21.6. The maximum atomic E-state index is 12.6. The van der Waals surface area contributed by atoms with Gasteiger partial charge in [-0.15, -0.1) is 0 Å². The van der Waals surface area contributed by atoms with Crippen molar-refractivity contribution in [1.82, 2.24) is 9.97 Å². The Morgan fingerprint density at radius 2 is 1.32 bits per heavy atom. The molecule has 0 bridgehead atoms. The molecule has 0 atom stereocenters. The molecule has 2 aromatic heterocycles. The third-order valence-corrected chi connectivity index (χ3v) is 6.01. The van der Waals surface area contributed by atoms with Crippen LogP contribution in [0.4, 0.5) is 17.2 Å². The molecule has 0 aliphatic heterocycles. The summed E-state index contributed by atoms with van der Waals surface area (Å²) in [6.07, 6.45) is 1.48. The number of nitrogens with one attached hydrogen (secondary N) is 2. The topological polar surface area (TPSA) is 80.0 Å². The van der Waals surface area contributed by atoms with E-state index in [1.165, 1.54) is 6.33 Å². The molecule has 6 aromatic rings. The van der Waals surface area contributed by atoms with Crippen molar-refractivity contribution in [1.29, 1.82) is 0 Å². The van der Waals surface area contributed by atoms with Crippen LogP contribution >= 0.6 is 0 Å². The van der Waals surface area contributed by atoms with Gasteiger partial charge in [0.25, 0.3) is 5.91 Å². The van der Waals surface area contributed by atoms with Gasteiger partial charge in [0, 0.05) is 28.1 Å². The lowest BCUT2D eigenvalue weighted by atomic mass is 9.99. The molecule has 0 saturated carbocycles. The number of benzene rings is 4. The molecular weight excluding hydrogens is 460 g/mol. The lowest BCUT2D eigenvalue weighted by Crippen LogP contribution is -2.11. The van der Waals surface area contributed by atoms with Crippen molar-refractivity contribution in [3.63, 3.8) is 0 Å². The summed E-state index contributed by atoms with van der Waals surface area (Å²) in [5.41, 5.74) is 5.40. The van der Waals surface area contributed by atoms with Crippen molar-refractivity contribution in [2.75, 3.05) is 10.6 Å². The van der Waals surface area contributed by atoms with E-state index in [0.29, 0.717) is 22.8 Å². The Hall–Kier alpha value is -5.23. The van der Waals surface area contributed by atoms with Crippen LogP contribution in [-0.2, 0) is 0 Å². The molecule has 2 N–H and O–H groups in total. The Bertz CT molecular complexity index is 1680. The van der Waals surface area contributed by atoms with Gasteiger partial charge < -0.3 is 15.1 Å². The number of carbonyl (C=O) groups excluding carboxylic acids is 1. The lowest BCUT2D eigenvalue weighted by Gasteiger charge is -2.11. The van der Waals surface area contributed by atoms with Crippen LogP contribution in [0, 0.1) is 0 Å². The molecule has 0 spiro atoms. The van der Waals surface area contributed by atoms with E-state index in [1.807, 2.05) is 103 Å². The third-order valence-electron chi connectivity index (χ3n) is 6.01. The molecule has 6 rings (SSSR count). The van der Waals surface area contributed by atoms with Gasteiger partial charge in [-0.05, 0) is 35.9 Å². The van der Waals surface area contributed by atoms with Gasteiger partial charge in [-0.3, -0.25) is 4.79 Å². The van der Waals surface area contributed by atoms with E-state index in [9.17, 15) is 4.79 Å². The lowest BCUT2D eigenvalue weighted by molar-refractivity contribution is 0.102. The van der Waals surface area contributed by atoms with E-state index in [2.05, 4.69) is 20.6 Å². The summed E-state index contributed by atoms with van der Waals surface area (Å²) in [5.74, 6) is 1.17. The Kier molecular flexibility index (Phi) is 5.89. The smallest absolute Gasteiger partial charge is 0.255 e. The zero-order valence-electron chi connectivity index (χ0n) is 19.8. The summed E-state index contributed by atoms with van der Waals surface area (Å²) in [7, 11) is 0. The van der Waals surface area contributed by atoms with E-state index in [-0.39, 0.29) is 5.91 Å². The zero-order valence-corrected chi connectivity index (χ0v) is 19.8. The van der Waals surface area contributed by atoms with E-state index in [0.717, 1.165) is 33.5 Å². The van der Waals surface area contributed by atoms with Crippen molar-refractivity contribution in [2.45, 2.75) is 0 Å². The van der Waals surface area contributed by atoms with Crippen molar-refractivity contribution in [2.24, 2.45) is 0 Å². The van der Waals surface area contributed by atoms with Crippen molar-refractivity contribution in [3.8, 4) is 22.5 Å². The van der Waals surface area contributed by atoms with Gasteiger partial charge in [0.15, 0.2) is 0 Å². The summed E-state index contributed by atoms with van der Waals surface area (Å²) in [5, 5.41) is 7.15. The normalized spacial score (nSPS) is 10.8.